The maximum atomic E-state index is 5.88. The highest BCUT2D eigenvalue weighted by molar-refractivity contribution is 9.11. The van der Waals surface area contributed by atoms with Crippen molar-refractivity contribution in [3.63, 3.8) is 0 Å². The summed E-state index contributed by atoms with van der Waals surface area (Å²) in [6.07, 6.45) is 0.855. The summed E-state index contributed by atoms with van der Waals surface area (Å²) in [5, 5.41) is 2.04. The number of halogens is 3. The van der Waals surface area contributed by atoms with E-state index in [1.807, 2.05) is 11.4 Å². The molecule has 0 spiro atoms. The van der Waals surface area contributed by atoms with Crippen molar-refractivity contribution in [1.29, 1.82) is 0 Å². The molecule has 2 nitrogen and oxygen atoms in total. The van der Waals surface area contributed by atoms with Crippen LogP contribution in [-0.2, 0) is 13.0 Å². The molecule has 0 saturated carbocycles. The zero-order valence-electron chi connectivity index (χ0n) is 9.96. The lowest BCUT2D eigenvalue weighted by Crippen LogP contribution is -2.03. The molecule has 0 aliphatic rings. The molecule has 0 atom stereocenters. The van der Waals surface area contributed by atoms with Crippen LogP contribution >= 0.6 is 59.1 Å². The highest BCUT2D eigenvalue weighted by Crippen LogP contribution is 2.36. The minimum atomic E-state index is 0.547. The molecule has 0 radical (unpaired) electrons. The maximum absolute atomic E-state index is 5.88. The van der Waals surface area contributed by atoms with Crippen molar-refractivity contribution in [3.05, 3.63) is 47.4 Å². The van der Waals surface area contributed by atoms with Gasteiger partial charge in [-0.2, -0.15) is 0 Å². The van der Waals surface area contributed by atoms with E-state index in [1.54, 1.807) is 11.3 Å². The van der Waals surface area contributed by atoms with Crippen LogP contribution in [-0.4, -0.2) is 6.54 Å². The van der Waals surface area contributed by atoms with Crippen LogP contribution in [0, 0.1) is 0 Å². The zero-order chi connectivity index (χ0) is 13.8. The summed E-state index contributed by atoms with van der Waals surface area (Å²) >= 11 is 12.3. The summed E-state index contributed by atoms with van der Waals surface area (Å²) in [5.74, 6) is 0.820. The summed E-state index contributed by atoms with van der Waals surface area (Å²) in [6.45, 7) is 1.19. The number of benzene rings is 1. The average molecular weight is 470 g/mol. The molecule has 0 bridgehead atoms. The molecular weight excluding hydrogens is 458 g/mol. The lowest BCUT2D eigenvalue weighted by atomic mass is 10.1. The first-order valence-electron chi connectivity index (χ1n) is 5.64. The van der Waals surface area contributed by atoms with E-state index in [2.05, 4.69) is 59.9 Å². The van der Waals surface area contributed by atoms with E-state index in [0.29, 0.717) is 13.2 Å². The Bertz CT molecular complexity index is 548. The molecule has 0 aliphatic carbocycles. The monoisotopic (exact) mass is 467 g/mol. The molecule has 2 rings (SSSR count). The average Bonchev–Trinajstić information content (AvgIpc) is 2.74. The standard InChI is InChI=1S/C13H12Br3NOS/c14-9-2-4-19-12(9)7-18-13-10(15)5-8(1-3-17)6-11(13)16/h2,4-6H,1,3,7,17H2. The number of hydrogen-bond acceptors (Lipinski definition) is 3. The van der Waals surface area contributed by atoms with Crippen molar-refractivity contribution < 1.29 is 4.74 Å². The third kappa shape index (κ3) is 4.04. The van der Waals surface area contributed by atoms with Gasteiger partial charge in [0.1, 0.15) is 12.4 Å². The van der Waals surface area contributed by atoms with Gasteiger partial charge in [0.2, 0.25) is 0 Å². The summed E-state index contributed by atoms with van der Waals surface area (Å²) in [6, 6.07) is 6.13. The quantitative estimate of drug-likeness (QED) is 0.660. The van der Waals surface area contributed by atoms with E-state index >= 15 is 0 Å². The van der Waals surface area contributed by atoms with Crippen molar-refractivity contribution in [3.8, 4) is 5.75 Å². The Kier molecular flexibility index (Phi) is 5.89. The molecule has 0 fully saturated rings. The molecule has 1 aromatic carbocycles. The molecule has 2 N–H and O–H groups in total. The number of ether oxygens (including phenoxy) is 1. The van der Waals surface area contributed by atoms with Crippen LogP contribution in [0.5, 0.6) is 5.75 Å². The summed E-state index contributed by atoms with van der Waals surface area (Å²) < 4.78 is 8.85. The van der Waals surface area contributed by atoms with E-state index in [0.717, 1.165) is 25.6 Å². The summed E-state index contributed by atoms with van der Waals surface area (Å²) in [4.78, 5) is 1.17. The predicted octanol–water partition coefficient (Wildman–Crippen LogP) is 5.12. The highest BCUT2D eigenvalue weighted by atomic mass is 79.9. The van der Waals surface area contributed by atoms with Gasteiger partial charge in [-0.25, -0.2) is 0 Å². The molecular formula is C13H12Br3NOS. The fourth-order valence-corrected chi connectivity index (χ4v) is 4.52. The minimum absolute atomic E-state index is 0.547. The molecule has 6 heteroatoms. The van der Waals surface area contributed by atoms with Gasteiger partial charge in [-0.05, 0) is 89.9 Å². The third-order valence-corrected chi connectivity index (χ3v) is 5.61. The third-order valence-electron chi connectivity index (χ3n) is 2.53. The maximum Gasteiger partial charge on any atom is 0.148 e. The van der Waals surface area contributed by atoms with Gasteiger partial charge in [-0.15, -0.1) is 11.3 Å². The normalized spacial score (nSPS) is 10.7. The highest BCUT2D eigenvalue weighted by Gasteiger charge is 2.10. The van der Waals surface area contributed by atoms with Crippen LogP contribution < -0.4 is 10.5 Å². The van der Waals surface area contributed by atoms with E-state index < -0.39 is 0 Å². The summed E-state index contributed by atoms with van der Waals surface area (Å²) in [5.41, 5.74) is 6.76. The minimum Gasteiger partial charge on any atom is -0.486 e. The molecule has 0 unspecified atom stereocenters. The van der Waals surface area contributed by atoms with Gasteiger partial charge in [0, 0.05) is 4.47 Å². The number of nitrogens with two attached hydrogens (primary N) is 1. The molecule has 1 aromatic heterocycles. The molecule has 102 valence electrons. The fraction of sp³-hybridized carbons (Fsp3) is 0.231. The molecule has 2 aromatic rings. The number of rotatable bonds is 5. The Balaban J connectivity index is 2.14. The Morgan fingerprint density at radius 1 is 1.11 bits per heavy atom. The van der Waals surface area contributed by atoms with Crippen molar-refractivity contribution in [2.45, 2.75) is 13.0 Å². The first-order chi connectivity index (χ1) is 9.11. The Morgan fingerprint density at radius 2 is 1.79 bits per heavy atom. The van der Waals surface area contributed by atoms with Gasteiger partial charge < -0.3 is 10.5 Å². The van der Waals surface area contributed by atoms with Crippen LogP contribution in [0.4, 0.5) is 0 Å². The second-order valence-electron chi connectivity index (χ2n) is 3.91. The van der Waals surface area contributed by atoms with Crippen molar-refractivity contribution in [2.75, 3.05) is 6.54 Å². The van der Waals surface area contributed by atoms with Gasteiger partial charge in [-0.1, -0.05) is 0 Å². The first-order valence-corrected chi connectivity index (χ1v) is 8.90. The van der Waals surface area contributed by atoms with Crippen LogP contribution in [0.3, 0.4) is 0 Å². The van der Waals surface area contributed by atoms with Gasteiger partial charge in [0.05, 0.1) is 13.8 Å². The molecule has 0 saturated heterocycles. The Hall–Kier alpha value is 0.120. The van der Waals surface area contributed by atoms with Crippen LogP contribution in [0.2, 0.25) is 0 Å². The predicted molar refractivity (Wildman–Crippen MR) is 91.0 cm³/mol. The largest absolute Gasteiger partial charge is 0.486 e. The molecule has 0 aliphatic heterocycles. The fourth-order valence-electron chi connectivity index (χ4n) is 1.63. The van der Waals surface area contributed by atoms with E-state index in [1.165, 1.54) is 10.4 Å². The van der Waals surface area contributed by atoms with Gasteiger partial charge >= 0.3 is 0 Å². The van der Waals surface area contributed by atoms with Crippen LogP contribution in [0.1, 0.15) is 10.4 Å². The lowest BCUT2D eigenvalue weighted by Gasteiger charge is -2.11. The van der Waals surface area contributed by atoms with E-state index in [9.17, 15) is 0 Å². The Labute approximate surface area is 141 Å². The van der Waals surface area contributed by atoms with Crippen LogP contribution in [0.25, 0.3) is 0 Å². The first kappa shape index (κ1) is 15.5. The van der Waals surface area contributed by atoms with E-state index in [4.69, 9.17) is 10.5 Å². The van der Waals surface area contributed by atoms with Gasteiger partial charge in [-0.3, -0.25) is 0 Å². The van der Waals surface area contributed by atoms with Crippen molar-refractivity contribution in [1.82, 2.24) is 0 Å². The molecule has 1 heterocycles. The summed E-state index contributed by atoms with van der Waals surface area (Å²) in [7, 11) is 0. The van der Waals surface area contributed by atoms with Crippen molar-refractivity contribution in [2.24, 2.45) is 5.73 Å². The SMILES string of the molecule is NCCc1cc(Br)c(OCc2sccc2Br)c(Br)c1. The smallest absolute Gasteiger partial charge is 0.148 e. The molecule has 19 heavy (non-hydrogen) atoms. The van der Waals surface area contributed by atoms with Gasteiger partial charge in [0.15, 0.2) is 0 Å². The zero-order valence-corrected chi connectivity index (χ0v) is 15.5. The lowest BCUT2D eigenvalue weighted by molar-refractivity contribution is 0.305. The second kappa shape index (κ2) is 7.22. The van der Waals surface area contributed by atoms with Gasteiger partial charge in [0.25, 0.3) is 0 Å². The molecule has 0 amide bonds. The Morgan fingerprint density at radius 3 is 2.32 bits per heavy atom. The topological polar surface area (TPSA) is 35.2 Å². The van der Waals surface area contributed by atoms with E-state index in [-0.39, 0.29) is 0 Å². The number of hydrogen-bond donors (Lipinski definition) is 1. The number of thiophene rings is 1. The second-order valence-corrected chi connectivity index (χ2v) is 7.47. The van der Waals surface area contributed by atoms with Crippen LogP contribution in [0.15, 0.2) is 37.0 Å². The van der Waals surface area contributed by atoms with Crippen molar-refractivity contribution >= 4 is 59.1 Å².